The molecule has 2 heterocycles. The van der Waals surface area contributed by atoms with Gasteiger partial charge in [0.1, 0.15) is 0 Å². The Morgan fingerprint density at radius 1 is 1.33 bits per heavy atom. The number of rotatable bonds is 4. The molecular weight excluding hydrogens is 266 g/mol. The zero-order valence-electron chi connectivity index (χ0n) is 13.4. The maximum Gasteiger partial charge on any atom is 0.168 e. The Labute approximate surface area is 127 Å². The van der Waals surface area contributed by atoms with Gasteiger partial charge in [-0.25, -0.2) is 0 Å². The molecule has 0 radical (unpaired) electrons. The molecule has 1 saturated heterocycles. The quantitative estimate of drug-likeness (QED) is 0.855. The summed E-state index contributed by atoms with van der Waals surface area (Å²) in [5, 5.41) is 4.64. The monoisotopic (exact) mass is 293 g/mol. The third kappa shape index (κ3) is 3.30. The lowest BCUT2D eigenvalue weighted by Crippen LogP contribution is -2.42. The van der Waals surface area contributed by atoms with Gasteiger partial charge >= 0.3 is 0 Å². The lowest BCUT2D eigenvalue weighted by atomic mass is 9.89. The number of hydrogen-bond acceptors (Lipinski definition) is 4. The topological polar surface area (TPSA) is 39.5 Å². The van der Waals surface area contributed by atoms with Crippen LogP contribution in [0.5, 0.6) is 0 Å². The Balaban J connectivity index is 1.52. The Morgan fingerprint density at radius 2 is 2.00 bits per heavy atom. The molecule has 21 heavy (non-hydrogen) atoms. The van der Waals surface area contributed by atoms with E-state index in [0.29, 0.717) is 12.1 Å². The Morgan fingerprint density at radius 3 is 2.57 bits per heavy atom. The highest BCUT2D eigenvalue weighted by atomic mass is 16.7. The highest BCUT2D eigenvalue weighted by molar-refractivity contribution is 5.00. The van der Waals surface area contributed by atoms with E-state index in [1.165, 1.54) is 0 Å². The molecule has 0 atom stereocenters. The van der Waals surface area contributed by atoms with E-state index in [2.05, 4.69) is 43.2 Å². The fourth-order valence-corrected chi connectivity index (χ4v) is 3.40. The van der Waals surface area contributed by atoms with E-state index in [1.54, 1.807) is 0 Å². The highest BCUT2D eigenvalue weighted by Gasteiger charge is 2.41. The van der Waals surface area contributed by atoms with Gasteiger partial charge in [-0.2, -0.15) is 5.10 Å². The van der Waals surface area contributed by atoms with E-state index in [0.717, 1.165) is 51.1 Å². The third-order valence-corrected chi connectivity index (χ3v) is 4.76. The van der Waals surface area contributed by atoms with Gasteiger partial charge in [0.05, 0.1) is 18.9 Å². The second kappa shape index (κ2) is 6.07. The number of hydrogen-bond donors (Lipinski definition) is 0. The van der Waals surface area contributed by atoms with Gasteiger partial charge in [-0.1, -0.05) is 0 Å². The predicted molar refractivity (Wildman–Crippen MR) is 81.0 cm³/mol. The first-order chi connectivity index (χ1) is 10.1. The van der Waals surface area contributed by atoms with Crippen LogP contribution in [0.3, 0.4) is 0 Å². The van der Waals surface area contributed by atoms with Gasteiger partial charge < -0.3 is 9.47 Å². The molecule has 2 aliphatic rings. The summed E-state index contributed by atoms with van der Waals surface area (Å²) >= 11 is 0. The maximum atomic E-state index is 5.80. The molecule has 0 N–H and O–H groups in total. The van der Waals surface area contributed by atoms with Crippen LogP contribution in [0, 0.1) is 0 Å². The number of nitrogens with zero attached hydrogens (tertiary/aromatic N) is 3. The molecule has 1 spiro atoms. The zero-order chi connectivity index (χ0) is 14.9. The lowest BCUT2D eigenvalue weighted by Gasteiger charge is -2.38. The van der Waals surface area contributed by atoms with Crippen molar-refractivity contribution < 1.29 is 9.47 Å². The van der Waals surface area contributed by atoms with Gasteiger partial charge in [0, 0.05) is 37.7 Å². The summed E-state index contributed by atoms with van der Waals surface area (Å²) < 4.78 is 13.6. The van der Waals surface area contributed by atoms with Crippen molar-refractivity contribution in [3.8, 4) is 0 Å². The zero-order valence-corrected chi connectivity index (χ0v) is 13.4. The van der Waals surface area contributed by atoms with E-state index in [9.17, 15) is 0 Å². The van der Waals surface area contributed by atoms with Crippen molar-refractivity contribution in [3.63, 3.8) is 0 Å². The molecule has 0 bridgehead atoms. The van der Waals surface area contributed by atoms with Crippen molar-refractivity contribution in [1.82, 2.24) is 14.7 Å². The molecule has 0 amide bonds. The summed E-state index contributed by atoms with van der Waals surface area (Å²) in [7, 11) is 2.20. The smallest absolute Gasteiger partial charge is 0.168 e. The fourth-order valence-electron chi connectivity index (χ4n) is 3.40. The van der Waals surface area contributed by atoms with Crippen LogP contribution in [-0.4, -0.2) is 46.8 Å². The first kappa shape index (κ1) is 15.0. The molecule has 1 aromatic heterocycles. The van der Waals surface area contributed by atoms with E-state index in [-0.39, 0.29) is 5.79 Å². The molecule has 118 valence electrons. The van der Waals surface area contributed by atoms with Crippen LogP contribution in [0.15, 0.2) is 12.3 Å². The first-order valence-electron chi connectivity index (χ1n) is 8.10. The van der Waals surface area contributed by atoms with E-state index >= 15 is 0 Å². The van der Waals surface area contributed by atoms with Crippen molar-refractivity contribution in [1.29, 1.82) is 0 Å². The van der Waals surface area contributed by atoms with Crippen LogP contribution in [0.2, 0.25) is 0 Å². The maximum absolute atomic E-state index is 5.80. The van der Waals surface area contributed by atoms with Crippen molar-refractivity contribution in [3.05, 3.63) is 18.0 Å². The van der Waals surface area contributed by atoms with Crippen LogP contribution in [-0.2, 0) is 16.0 Å². The van der Waals surface area contributed by atoms with Gasteiger partial charge in [0.25, 0.3) is 0 Å². The van der Waals surface area contributed by atoms with Crippen molar-refractivity contribution in [2.75, 3.05) is 20.3 Å². The molecule has 0 aromatic carbocycles. The van der Waals surface area contributed by atoms with Gasteiger partial charge in [0.15, 0.2) is 5.79 Å². The summed E-state index contributed by atoms with van der Waals surface area (Å²) in [4.78, 5) is 2.43. The van der Waals surface area contributed by atoms with E-state index in [1.807, 2.05) is 4.68 Å². The lowest BCUT2D eigenvalue weighted by molar-refractivity contribution is -0.183. The van der Waals surface area contributed by atoms with Crippen LogP contribution in [0.1, 0.15) is 51.3 Å². The van der Waals surface area contributed by atoms with Crippen molar-refractivity contribution >= 4 is 0 Å². The van der Waals surface area contributed by atoms with Gasteiger partial charge in [-0.05, 0) is 39.8 Å². The van der Waals surface area contributed by atoms with Crippen molar-refractivity contribution in [2.24, 2.45) is 0 Å². The third-order valence-electron chi connectivity index (χ3n) is 4.76. The minimum absolute atomic E-state index is 0.253. The average Bonchev–Trinajstić information content (AvgIpc) is 3.10. The van der Waals surface area contributed by atoms with E-state index < -0.39 is 0 Å². The molecule has 1 saturated carbocycles. The Bertz CT molecular complexity index is 456. The van der Waals surface area contributed by atoms with Gasteiger partial charge in [0.2, 0.25) is 0 Å². The molecule has 1 aliphatic heterocycles. The molecule has 5 heteroatoms. The van der Waals surface area contributed by atoms with E-state index in [4.69, 9.17) is 9.47 Å². The predicted octanol–water partition coefficient (Wildman–Crippen LogP) is 2.58. The normalized spacial score (nSPS) is 22.7. The molecule has 5 nitrogen and oxygen atoms in total. The summed E-state index contributed by atoms with van der Waals surface area (Å²) in [6, 6.07) is 3.16. The van der Waals surface area contributed by atoms with Crippen LogP contribution < -0.4 is 0 Å². The largest absolute Gasteiger partial charge is 0.348 e. The van der Waals surface area contributed by atoms with Crippen LogP contribution in [0.25, 0.3) is 0 Å². The van der Waals surface area contributed by atoms with Crippen LogP contribution in [0.4, 0.5) is 0 Å². The standard InChI is InChI=1S/C16H27N3O2/c1-13(2)19-9-6-14(17-19)12-18(3)15-4-7-16(8-5-15)20-10-11-21-16/h6,9,13,15H,4-5,7-8,10-12H2,1-3H3. The Hall–Kier alpha value is -0.910. The van der Waals surface area contributed by atoms with Gasteiger partial charge in [-0.3, -0.25) is 9.58 Å². The number of ether oxygens (including phenoxy) is 2. The number of aromatic nitrogens is 2. The second-order valence-corrected chi connectivity index (χ2v) is 6.63. The fraction of sp³-hybridized carbons (Fsp3) is 0.812. The first-order valence-corrected chi connectivity index (χ1v) is 8.10. The highest BCUT2D eigenvalue weighted by Crippen LogP contribution is 2.37. The summed E-state index contributed by atoms with van der Waals surface area (Å²) in [6.07, 6.45) is 6.39. The van der Waals surface area contributed by atoms with Crippen LogP contribution >= 0.6 is 0 Å². The molecule has 2 fully saturated rings. The minimum Gasteiger partial charge on any atom is -0.348 e. The van der Waals surface area contributed by atoms with Crippen molar-refractivity contribution in [2.45, 2.75) is 63.9 Å². The van der Waals surface area contributed by atoms with Gasteiger partial charge in [-0.15, -0.1) is 0 Å². The SMILES string of the molecule is CC(C)n1ccc(CN(C)C2CCC3(CC2)OCCO3)n1. The summed E-state index contributed by atoms with van der Waals surface area (Å²) in [6.45, 7) is 6.74. The minimum atomic E-state index is -0.253. The Kier molecular flexibility index (Phi) is 4.33. The summed E-state index contributed by atoms with van der Waals surface area (Å²) in [5.74, 6) is -0.253. The molecular formula is C16H27N3O2. The molecule has 3 rings (SSSR count). The summed E-state index contributed by atoms with van der Waals surface area (Å²) in [5.41, 5.74) is 1.15. The average molecular weight is 293 g/mol. The molecule has 1 aromatic rings. The molecule has 0 unspecified atom stereocenters. The second-order valence-electron chi connectivity index (χ2n) is 6.63. The molecule has 1 aliphatic carbocycles.